The number of likely N-dealkylation sites (N-methyl/N-ethyl adjacent to an activating group) is 2. The number of methoxy groups -OCH3 is 2. The van der Waals surface area contributed by atoms with E-state index in [4.69, 9.17) is 14.2 Å². The van der Waals surface area contributed by atoms with Crippen molar-refractivity contribution < 1.29 is 46.6 Å². The summed E-state index contributed by atoms with van der Waals surface area (Å²) in [6.45, 7) is 16.5. The van der Waals surface area contributed by atoms with Crippen molar-refractivity contribution in [3.63, 3.8) is 0 Å². The summed E-state index contributed by atoms with van der Waals surface area (Å²) >= 11 is 0. The second-order valence-corrected chi connectivity index (χ2v) is 20.3. The van der Waals surface area contributed by atoms with Gasteiger partial charge in [0.1, 0.15) is 17.8 Å². The van der Waals surface area contributed by atoms with Crippen LogP contribution in [0.3, 0.4) is 0 Å². The second kappa shape index (κ2) is 27.0. The predicted octanol–water partition coefficient (Wildman–Crippen LogP) is 4.40. The number of benzene rings is 1. The van der Waals surface area contributed by atoms with E-state index >= 15 is 0 Å². The molecule has 0 radical (unpaired) electrons. The van der Waals surface area contributed by atoms with Crippen LogP contribution in [-0.2, 0) is 49.9 Å². The highest BCUT2D eigenvalue weighted by Gasteiger charge is 2.43. The third-order valence-corrected chi connectivity index (χ3v) is 13.1. The molecule has 0 aromatic heterocycles. The maximum Gasteiger partial charge on any atom is 0.256 e. The van der Waals surface area contributed by atoms with Gasteiger partial charge in [0.05, 0.1) is 55.5 Å². The van der Waals surface area contributed by atoms with Crippen molar-refractivity contribution in [3.8, 4) is 5.75 Å². The van der Waals surface area contributed by atoms with Crippen LogP contribution in [0.2, 0.25) is 0 Å². The fourth-order valence-electron chi connectivity index (χ4n) is 8.85. The minimum Gasteiger partial charge on any atom is -0.494 e. The minimum atomic E-state index is -3.94. The lowest BCUT2D eigenvalue weighted by atomic mass is 9.89. The molecule has 1 heterocycles. The summed E-state index contributed by atoms with van der Waals surface area (Å²) in [6.07, 6.45) is 5.54. The average Bonchev–Trinajstić information content (AvgIpc) is 3.71. The zero-order valence-corrected chi connectivity index (χ0v) is 42.1. The molecule has 64 heavy (non-hydrogen) atoms. The first-order valence-electron chi connectivity index (χ1n) is 23.1. The molecule has 16 nitrogen and oxygen atoms in total. The van der Waals surface area contributed by atoms with Crippen LogP contribution in [0.15, 0.2) is 24.3 Å². The quantitative estimate of drug-likeness (QED) is 0.101. The molecule has 366 valence electrons. The van der Waals surface area contributed by atoms with Gasteiger partial charge in [-0.3, -0.25) is 33.6 Å². The van der Waals surface area contributed by atoms with Gasteiger partial charge in [0.15, 0.2) is 0 Å². The van der Waals surface area contributed by atoms with Crippen LogP contribution < -0.4 is 20.1 Å². The Balaban J connectivity index is 2.30. The number of hydrogen-bond acceptors (Lipinski definition) is 11. The molecular weight excluding hydrogens is 841 g/mol. The van der Waals surface area contributed by atoms with E-state index in [0.29, 0.717) is 43.7 Å². The number of amides is 5. The van der Waals surface area contributed by atoms with E-state index in [1.807, 2.05) is 65.3 Å². The molecule has 3 N–H and O–H groups in total. The van der Waals surface area contributed by atoms with Crippen molar-refractivity contribution in [1.82, 2.24) is 30.1 Å². The third-order valence-electron chi connectivity index (χ3n) is 12.5. The van der Waals surface area contributed by atoms with Crippen molar-refractivity contribution in [2.24, 2.45) is 23.7 Å². The topological polar surface area (TPSA) is 193 Å². The van der Waals surface area contributed by atoms with Crippen LogP contribution in [-0.4, -0.2) is 150 Å². The van der Waals surface area contributed by atoms with E-state index in [1.54, 1.807) is 48.0 Å². The van der Waals surface area contributed by atoms with Crippen LogP contribution in [0.25, 0.3) is 0 Å². The highest BCUT2D eigenvalue weighted by Crippen LogP contribution is 2.30. The number of unbranched alkanes of at least 4 members (excludes halogenated alkanes) is 3. The first-order chi connectivity index (χ1) is 30.0. The second-order valence-electron chi connectivity index (χ2n) is 18.5. The van der Waals surface area contributed by atoms with E-state index < -0.39 is 70.2 Å². The summed E-state index contributed by atoms with van der Waals surface area (Å²) in [7, 11) is 4.44. The Morgan fingerprint density at radius 1 is 0.844 bits per heavy atom. The van der Waals surface area contributed by atoms with Gasteiger partial charge in [0.25, 0.3) is 5.91 Å². The number of carbonyl (C=O) groups excluding carboxylic acids is 5. The molecule has 1 aliphatic heterocycles. The van der Waals surface area contributed by atoms with Crippen LogP contribution in [0.5, 0.6) is 5.75 Å². The van der Waals surface area contributed by atoms with Crippen molar-refractivity contribution >= 4 is 39.6 Å². The number of sulfonamides is 1. The number of ether oxygens (including phenoxy) is 3. The molecule has 17 heteroatoms. The summed E-state index contributed by atoms with van der Waals surface area (Å²) in [5, 5.41) is 5.79. The summed E-state index contributed by atoms with van der Waals surface area (Å²) in [5.74, 6) is -2.63. The van der Waals surface area contributed by atoms with Crippen LogP contribution in [0.4, 0.5) is 0 Å². The normalized spacial score (nSPS) is 18.1. The summed E-state index contributed by atoms with van der Waals surface area (Å²) in [6, 6.07) is 3.63. The first kappa shape index (κ1) is 56.3. The van der Waals surface area contributed by atoms with Gasteiger partial charge < -0.3 is 34.6 Å². The summed E-state index contributed by atoms with van der Waals surface area (Å²) in [4.78, 5) is 74.7. The molecule has 1 unspecified atom stereocenters. The standard InChI is InChI=1S/C47H82N6O10S/c1-15-17-18-19-27-63-35-24-22-34(23-25-35)28-36(45(56)50-64(14,59)60)48-44(55)33(8)43(62-13)37-21-20-26-53(37)39(54)29-38(61-12)42(32(7)16-2)52(11)47(58)40(30(3)4)49-46(57)41(31(5)6)51(9)10/h22-25,30-33,36-38,40-43H,15-21,26-29H2,1-14H3,(H,48,55)(H,49,57)(H,50,56)/t32-,33+,36-,37-,38+,40-,41?,42-,43+/m0/s1. The van der Waals surface area contributed by atoms with E-state index in [0.717, 1.165) is 31.9 Å². The van der Waals surface area contributed by atoms with Gasteiger partial charge in [-0.1, -0.05) is 93.2 Å². The zero-order valence-electron chi connectivity index (χ0n) is 41.3. The summed E-state index contributed by atoms with van der Waals surface area (Å²) in [5.41, 5.74) is 0.681. The monoisotopic (exact) mass is 923 g/mol. The molecule has 0 saturated carbocycles. The van der Waals surface area contributed by atoms with Crippen LogP contribution in [0, 0.1) is 23.7 Å². The highest BCUT2D eigenvalue weighted by atomic mass is 32.2. The fourth-order valence-corrected chi connectivity index (χ4v) is 9.36. The Morgan fingerprint density at radius 2 is 1.48 bits per heavy atom. The Labute approximate surface area is 384 Å². The van der Waals surface area contributed by atoms with Crippen molar-refractivity contribution in [2.45, 2.75) is 156 Å². The van der Waals surface area contributed by atoms with E-state index in [2.05, 4.69) is 17.6 Å². The molecule has 1 aromatic rings. The minimum absolute atomic E-state index is 0.00776. The van der Waals surface area contributed by atoms with Crippen LogP contribution >= 0.6 is 0 Å². The third kappa shape index (κ3) is 16.9. The lowest BCUT2D eigenvalue weighted by Crippen LogP contribution is -2.59. The number of carbonyl (C=O) groups is 5. The van der Waals surface area contributed by atoms with E-state index in [1.165, 1.54) is 14.2 Å². The fraction of sp³-hybridized carbons (Fsp3) is 0.766. The van der Waals surface area contributed by atoms with Gasteiger partial charge in [-0.15, -0.1) is 0 Å². The van der Waals surface area contributed by atoms with Gasteiger partial charge >= 0.3 is 0 Å². The molecule has 5 amide bonds. The number of nitrogens with zero attached hydrogens (tertiary/aromatic N) is 3. The van der Waals surface area contributed by atoms with Crippen molar-refractivity contribution in [1.29, 1.82) is 0 Å². The lowest BCUT2D eigenvalue weighted by Gasteiger charge is -2.41. The van der Waals surface area contributed by atoms with E-state index in [-0.39, 0.29) is 48.3 Å². The maximum atomic E-state index is 14.4. The first-order valence-corrected chi connectivity index (χ1v) is 25.0. The van der Waals surface area contributed by atoms with Gasteiger partial charge in [-0.05, 0) is 68.8 Å². The Kier molecular flexibility index (Phi) is 23.8. The molecule has 1 aliphatic rings. The molecule has 1 aromatic carbocycles. The highest BCUT2D eigenvalue weighted by molar-refractivity contribution is 7.89. The molecule has 1 saturated heterocycles. The molecule has 2 rings (SSSR count). The Bertz CT molecular complexity index is 1730. The number of likely N-dealkylation sites (tertiary alicyclic amines) is 1. The molecule has 1 fully saturated rings. The van der Waals surface area contributed by atoms with Gasteiger partial charge in [-0.25, -0.2) is 8.42 Å². The van der Waals surface area contributed by atoms with Gasteiger partial charge in [-0.2, -0.15) is 0 Å². The zero-order chi connectivity index (χ0) is 48.5. The average molecular weight is 923 g/mol. The molecular formula is C47H82N6O10S. The number of nitrogens with one attached hydrogen (secondary N) is 3. The smallest absolute Gasteiger partial charge is 0.256 e. The molecule has 0 spiro atoms. The maximum absolute atomic E-state index is 14.4. The van der Waals surface area contributed by atoms with Gasteiger partial charge in [0, 0.05) is 34.2 Å². The van der Waals surface area contributed by atoms with Crippen LogP contribution in [0.1, 0.15) is 112 Å². The Hall–Kier alpha value is -3.80. The van der Waals surface area contributed by atoms with Crippen molar-refractivity contribution in [3.05, 3.63) is 29.8 Å². The molecule has 0 aliphatic carbocycles. The number of rotatable bonds is 28. The largest absolute Gasteiger partial charge is 0.494 e. The van der Waals surface area contributed by atoms with Crippen molar-refractivity contribution in [2.75, 3.05) is 54.8 Å². The lowest BCUT2D eigenvalue weighted by molar-refractivity contribution is -0.148. The SMILES string of the molecule is CCCCCCOc1ccc(C[C@H](NC(=O)[C@H](C)[C@@H](OC)[C@@H]2CCCN2C(=O)C[C@@H](OC)[C@H]([C@@H](C)CC)N(C)C(=O)[C@@H](NC(=O)C(C(C)C)N(C)C)C(C)C)C(=O)NS(C)(=O)=O)cc1. The summed E-state index contributed by atoms with van der Waals surface area (Å²) < 4.78 is 44.1. The van der Waals surface area contributed by atoms with Gasteiger partial charge in [0.2, 0.25) is 33.7 Å². The number of hydrogen-bond donors (Lipinski definition) is 3. The Morgan fingerprint density at radius 3 is 2.00 bits per heavy atom. The molecule has 9 atom stereocenters. The predicted molar refractivity (Wildman–Crippen MR) is 250 cm³/mol. The molecule has 0 bridgehead atoms. The van der Waals surface area contributed by atoms with E-state index in [9.17, 15) is 32.4 Å².